The number of anilines is 1. The molecule has 0 saturated carbocycles. The van der Waals surface area contributed by atoms with E-state index in [9.17, 15) is 4.79 Å². The molecule has 29 heavy (non-hydrogen) atoms. The Hall–Kier alpha value is -1.01. The van der Waals surface area contributed by atoms with Crippen molar-refractivity contribution in [2.75, 3.05) is 57.8 Å². The van der Waals surface area contributed by atoms with Crippen molar-refractivity contribution in [2.45, 2.75) is 39.2 Å². The van der Waals surface area contributed by atoms with Crippen LogP contribution in [0.2, 0.25) is 0 Å². The quantitative estimate of drug-likeness (QED) is 0.728. The van der Waals surface area contributed by atoms with Gasteiger partial charge in [-0.05, 0) is 76.9 Å². The van der Waals surface area contributed by atoms with Crippen LogP contribution in [0.25, 0.3) is 0 Å². The molecule has 2 saturated heterocycles. The van der Waals surface area contributed by atoms with Gasteiger partial charge in [0, 0.05) is 56.6 Å². The molecule has 5 nitrogen and oxygen atoms in total. The van der Waals surface area contributed by atoms with Gasteiger partial charge in [0.05, 0.1) is 0 Å². The number of rotatable bonds is 6. The number of carbonyl (C=O) groups excluding carboxylic acids is 1. The maximum absolute atomic E-state index is 12.8. The average molecular weight is 445 g/mol. The summed E-state index contributed by atoms with van der Waals surface area (Å²) in [6.07, 6.45) is 3.48. The van der Waals surface area contributed by atoms with E-state index in [0.29, 0.717) is 6.04 Å². The molecule has 2 aliphatic heterocycles. The first-order valence-electron chi connectivity index (χ1n) is 10.6. The lowest BCUT2D eigenvalue weighted by Gasteiger charge is -2.38. The monoisotopic (exact) mass is 444 g/mol. The molecule has 1 N–H and O–H groups in total. The fraction of sp³-hybridized carbons (Fsp3) is 0.682. The van der Waals surface area contributed by atoms with E-state index in [2.05, 4.69) is 41.1 Å². The number of hydrogen-bond acceptors (Lipinski definition) is 4. The Kier molecular flexibility index (Phi) is 11.3. The van der Waals surface area contributed by atoms with Crippen LogP contribution in [0.1, 0.15) is 43.5 Å². The van der Waals surface area contributed by atoms with Gasteiger partial charge in [-0.2, -0.15) is 0 Å². The Bertz CT molecular complexity index is 595. The number of benzene rings is 1. The van der Waals surface area contributed by atoms with Gasteiger partial charge in [0.25, 0.3) is 5.91 Å². The molecule has 3 rings (SSSR count). The van der Waals surface area contributed by atoms with Gasteiger partial charge in [-0.3, -0.25) is 9.69 Å². The summed E-state index contributed by atoms with van der Waals surface area (Å²) in [6, 6.07) is 8.89. The average Bonchev–Trinajstić information content (AvgIpc) is 2.72. The van der Waals surface area contributed by atoms with Crippen molar-refractivity contribution in [3.8, 4) is 0 Å². The van der Waals surface area contributed by atoms with Crippen LogP contribution in [0.4, 0.5) is 5.69 Å². The lowest BCUT2D eigenvalue weighted by Crippen LogP contribution is -2.48. The third-order valence-corrected chi connectivity index (χ3v) is 6.23. The maximum atomic E-state index is 12.8. The molecule has 0 spiro atoms. The second-order valence-electron chi connectivity index (χ2n) is 8.29. The minimum Gasteiger partial charge on any atom is -0.369 e. The van der Waals surface area contributed by atoms with Crippen molar-refractivity contribution in [3.05, 3.63) is 29.8 Å². The minimum absolute atomic E-state index is 0. The first-order valence-corrected chi connectivity index (χ1v) is 10.6. The van der Waals surface area contributed by atoms with E-state index in [1.165, 1.54) is 12.1 Å². The second kappa shape index (κ2) is 12.6. The van der Waals surface area contributed by atoms with Crippen molar-refractivity contribution in [2.24, 2.45) is 5.92 Å². The molecule has 0 aromatic heterocycles. The fourth-order valence-electron chi connectivity index (χ4n) is 4.27. The van der Waals surface area contributed by atoms with E-state index in [-0.39, 0.29) is 30.7 Å². The summed E-state index contributed by atoms with van der Waals surface area (Å²) in [5, 5.41) is 3.23. The van der Waals surface area contributed by atoms with Crippen LogP contribution in [0.15, 0.2) is 24.3 Å². The molecule has 0 aliphatic carbocycles. The van der Waals surface area contributed by atoms with E-state index >= 15 is 0 Å². The minimum atomic E-state index is 0. The second-order valence-corrected chi connectivity index (χ2v) is 8.29. The Morgan fingerprint density at radius 1 is 1.00 bits per heavy atom. The largest absolute Gasteiger partial charge is 0.369 e. The van der Waals surface area contributed by atoms with E-state index < -0.39 is 0 Å². The first kappa shape index (κ1) is 26.0. The summed E-state index contributed by atoms with van der Waals surface area (Å²) in [5.41, 5.74) is 2.06. The molecule has 0 radical (unpaired) electrons. The molecule has 7 heteroatoms. The molecule has 2 aliphatic rings. The Morgan fingerprint density at radius 3 is 2.10 bits per heavy atom. The number of carbonyl (C=O) groups is 1. The van der Waals surface area contributed by atoms with Gasteiger partial charge in [-0.1, -0.05) is 0 Å². The Morgan fingerprint density at radius 2 is 1.59 bits per heavy atom. The number of nitrogens with one attached hydrogen (secondary N) is 1. The molecule has 0 unspecified atom stereocenters. The van der Waals surface area contributed by atoms with Gasteiger partial charge < -0.3 is 15.1 Å². The summed E-state index contributed by atoms with van der Waals surface area (Å²) < 4.78 is 0. The van der Waals surface area contributed by atoms with Crippen LogP contribution in [-0.2, 0) is 0 Å². The molecular formula is C22H38Cl2N4O. The van der Waals surface area contributed by atoms with Gasteiger partial charge in [-0.15, -0.1) is 24.8 Å². The summed E-state index contributed by atoms with van der Waals surface area (Å²) in [7, 11) is 2.01. The molecule has 0 bridgehead atoms. The van der Waals surface area contributed by atoms with Crippen molar-refractivity contribution in [3.63, 3.8) is 0 Å². The lowest BCUT2D eigenvalue weighted by molar-refractivity contribution is 0.0687. The lowest BCUT2D eigenvalue weighted by atomic mass is 9.93. The zero-order chi connectivity index (χ0) is 19.2. The van der Waals surface area contributed by atoms with Crippen LogP contribution in [0.3, 0.4) is 0 Å². The highest BCUT2D eigenvalue weighted by molar-refractivity contribution is 5.94. The predicted octanol–water partition coefficient (Wildman–Crippen LogP) is 3.52. The molecule has 0 atom stereocenters. The van der Waals surface area contributed by atoms with E-state index in [1.807, 2.05) is 24.1 Å². The standard InChI is InChI=1S/C22H36N4O.2ClH/c1-18(2)24-14-16-25(17-15-24)21-6-4-20(5-7-21)22(27)26-12-9-19(10-13-26)8-11-23-3;;/h4-7,18-19,23H,8-17H2,1-3H3;2*1H. The number of halogens is 2. The normalized spacial score (nSPS) is 18.3. The maximum Gasteiger partial charge on any atom is 0.253 e. The highest BCUT2D eigenvalue weighted by atomic mass is 35.5. The Labute approximate surface area is 189 Å². The van der Waals surface area contributed by atoms with E-state index in [1.54, 1.807) is 0 Å². The van der Waals surface area contributed by atoms with E-state index in [4.69, 9.17) is 0 Å². The Balaban J connectivity index is 0.00000210. The molecule has 1 aromatic rings. The molecule has 1 amide bonds. The molecule has 1 aromatic carbocycles. The van der Waals surface area contributed by atoms with Crippen molar-refractivity contribution in [1.29, 1.82) is 0 Å². The first-order chi connectivity index (χ1) is 13.1. The number of likely N-dealkylation sites (tertiary alicyclic amines) is 1. The summed E-state index contributed by atoms with van der Waals surface area (Å²) in [4.78, 5) is 19.8. The molecular weight excluding hydrogens is 407 g/mol. The number of nitrogens with zero attached hydrogens (tertiary/aromatic N) is 3. The highest BCUT2D eigenvalue weighted by Gasteiger charge is 2.24. The van der Waals surface area contributed by atoms with Crippen molar-refractivity contribution >= 4 is 36.4 Å². The van der Waals surface area contributed by atoms with Crippen LogP contribution >= 0.6 is 24.8 Å². The van der Waals surface area contributed by atoms with Gasteiger partial charge in [0.1, 0.15) is 0 Å². The van der Waals surface area contributed by atoms with Gasteiger partial charge in [0.15, 0.2) is 0 Å². The number of hydrogen-bond donors (Lipinski definition) is 1. The predicted molar refractivity (Wildman–Crippen MR) is 127 cm³/mol. The number of piperidine rings is 1. The molecule has 2 fully saturated rings. The van der Waals surface area contributed by atoms with Crippen molar-refractivity contribution < 1.29 is 4.79 Å². The van der Waals surface area contributed by atoms with Crippen molar-refractivity contribution in [1.82, 2.24) is 15.1 Å². The van der Waals surface area contributed by atoms with Crippen LogP contribution < -0.4 is 10.2 Å². The number of piperazine rings is 1. The molecule has 2 heterocycles. The summed E-state index contributed by atoms with van der Waals surface area (Å²) >= 11 is 0. The molecule has 166 valence electrons. The van der Waals surface area contributed by atoms with Crippen LogP contribution in [0.5, 0.6) is 0 Å². The van der Waals surface area contributed by atoms with Crippen LogP contribution in [0, 0.1) is 5.92 Å². The van der Waals surface area contributed by atoms with Gasteiger partial charge >= 0.3 is 0 Å². The van der Waals surface area contributed by atoms with Gasteiger partial charge in [-0.25, -0.2) is 0 Å². The third-order valence-electron chi connectivity index (χ3n) is 6.23. The summed E-state index contributed by atoms with van der Waals surface area (Å²) in [6.45, 7) is 11.7. The van der Waals surface area contributed by atoms with Gasteiger partial charge in [0.2, 0.25) is 0 Å². The summed E-state index contributed by atoms with van der Waals surface area (Å²) in [5.74, 6) is 0.951. The smallest absolute Gasteiger partial charge is 0.253 e. The topological polar surface area (TPSA) is 38.8 Å². The fourth-order valence-corrected chi connectivity index (χ4v) is 4.27. The third kappa shape index (κ3) is 7.02. The SMILES string of the molecule is CNCCC1CCN(C(=O)c2ccc(N3CCN(C(C)C)CC3)cc2)CC1.Cl.Cl. The van der Waals surface area contributed by atoms with Crippen LogP contribution in [-0.4, -0.2) is 74.6 Å². The highest BCUT2D eigenvalue weighted by Crippen LogP contribution is 2.23. The zero-order valence-electron chi connectivity index (χ0n) is 18.1. The zero-order valence-corrected chi connectivity index (χ0v) is 19.7. The van der Waals surface area contributed by atoms with E-state index in [0.717, 1.165) is 70.1 Å². The number of amides is 1.